The number of carbonyl (C=O) groups is 4. The van der Waals surface area contributed by atoms with Crippen molar-refractivity contribution in [2.75, 3.05) is 13.1 Å². The van der Waals surface area contributed by atoms with Crippen LogP contribution in [0.5, 0.6) is 0 Å². The molecule has 1 unspecified atom stereocenters. The molecule has 0 aromatic rings. The lowest BCUT2D eigenvalue weighted by Crippen LogP contribution is -2.49. The third-order valence-corrected chi connectivity index (χ3v) is 2.49. The van der Waals surface area contributed by atoms with Gasteiger partial charge < -0.3 is 15.7 Å². The van der Waals surface area contributed by atoms with Crippen LogP contribution in [-0.2, 0) is 14.4 Å². The fourth-order valence-corrected chi connectivity index (χ4v) is 1.49. The Morgan fingerprint density at radius 1 is 1.44 bits per heavy atom. The van der Waals surface area contributed by atoms with E-state index in [0.29, 0.717) is 0 Å². The molecular formula is C10H15N3O5. The maximum Gasteiger partial charge on any atom is 0.326 e. The minimum absolute atomic E-state index is 0.140. The first-order valence-corrected chi connectivity index (χ1v) is 5.43. The van der Waals surface area contributed by atoms with Crippen molar-refractivity contribution < 1.29 is 24.3 Å². The first kappa shape index (κ1) is 13.9. The molecular weight excluding hydrogens is 242 g/mol. The van der Waals surface area contributed by atoms with Crippen LogP contribution in [0.1, 0.15) is 13.8 Å². The second kappa shape index (κ2) is 5.48. The zero-order valence-corrected chi connectivity index (χ0v) is 10.1. The van der Waals surface area contributed by atoms with E-state index in [1.54, 1.807) is 13.8 Å². The molecule has 1 heterocycles. The standard InChI is InChI=1S/C10H15N3O5/c1-5(2)8(9(16)17)12-6(14)4-13-7(15)3-11-10(13)18/h5,8H,3-4H2,1-2H3,(H,11,18)(H,12,14)(H,16,17). The maximum atomic E-state index is 11.6. The second-order valence-corrected chi connectivity index (χ2v) is 4.27. The van der Waals surface area contributed by atoms with E-state index in [4.69, 9.17) is 5.11 Å². The Morgan fingerprint density at radius 2 is 2.06 bits per heavy atom. The SMILES string of the molecule is CC(C)C(NC(=O)CN1C(=O)CNC1=O)C(=O)O. The van der Waals surface area contributed by atoms with Gasteiger partial charge in [0.15, 0.2) is 0 Å². The third kappa shape index (κ3) is 3.19. The number of rotatable bonds is 5. The summed E-state index contributed by atoms with van der Waals surface area (Å²) in [5.74, 6) is -2.64. The highest BCUT2D eigenvalue weighted by atomic mass is 16.4. The van der Waals surface area contributed by atoms with Crippen molar-refractivity contribution in [3.63, 3.8) is 0 Å². The summed E-state index contributed by atoms with van der Waals surface area (Å²) in [6.07, 6.45) is 0. The first-order chi connectivity index (χ1) is 8.32. The van der Waals surface area contributed by atoms with E-state index in [9.17, 15) is 19.2 Å². The molecule has 4 amide bonds. The average Bonchev–Trinajstić information content (AvgIpc) is 2.56. The summed E-state index contributed by atoms with van der Waals surface area (Å²) in [5, 5.41) is 13.4. The van der Waals surface area contributed by atoms with Crippen LogP contribution in [0.2, 0.25) is 0 Å². The Bertz CT molecular complexity index is 377. The molecule has 0 spiro atoms. The average molecular weight is 257 g/mol. The van der Waals surface area contributed by atoms with E-state index in [1.165, 1.54) is 0 Å². The van der Waals surface area contributed by atoms with Gasteiger partial charge in [0.1, 0.15) is 12.6 Å². The highest BCUT2D eigenvalue weighted by Crippen LogP contribution is 2.03. The number of carboxylic acids is 1. The fraction of sp³-hybridized carbons (Fsp3) is 0.600. The first-order valence-electron chi connectivity index (χ1n) is 5.43. The Hall–Kier alpha value is -2.12. The number of aliphatic carboxylic acids is 1. The number of urea groups is 1. The van der Waals surface area contributed by atoms with Crippen molar-refractivity contribution in [1.82, 2.24) is 15.5 Å². The lowest BCUT2D eigenvalue weighted by Gasteiger charge is -2.19. The highest BCUT2D eigenvalue weighted by Gasteiger charge is 2.31. The zero-order valence-electron chi connectivity index (χ0n) is 10.1. The molecule has 8 heteroatoms. The molecule has 0 bridgehead atoms. The van der Waals surface area contributed by atoms with Gasteiger partial charge in [-0.2, -0.15) is 0 Å². The molecule has 3 N–H and O–H groups in total. The van der Waals surface area contributed by atoms with Gasteiger partial charge in [-0.15, -0.1) is 0 Å². The summed E-state index contributed by atoms with van der Waals surface area (Å²) >= 11 is 0. The van der Waals surface area contributed by atoms with Crippen molar-refractivity contribution in [2.45, 2.75) is 19.9 Å². The normalized spacial score (nSPS) is 16.7. The molecule has 0 aromatic carbocycles. The molecule has 0 radical (unpaired) electrons. The van der Waals surface area contributed by atoms with Crippen molar-refractivity contribution in [1.29, 1.82) is 0 Å². The Labute approximate surface area is 103 Å². The highest BCUT2D eigenvalue weighted by molar-refractivity contribution is 6.04. The molecule has 1 fully saturated rings. The predicted molar refractivity (Wildman–Crippen MR) is 59.5 cm³/mol. The van der Waals surface area contributed by atoms with Crippen LogP contribution in [0, 0.1) is 5.92 Å². The lowest BCUT2D eigenvalue weighted by molar-refractivity contribution is -0.143. The van der Waals surface area contributed by atoms with Gasteiger partial charge in [0, 0.05) is 0 Å². The molecule has 0 saturated carbocycles. The number of carboxylic acid groups (broad SMARTS) is 1. The van der Waals surface area contributed by atoms with Crippen molar-refractivity contribution in [3.05, 3.63) is 0 Å². The smallest absolute Gasteiger partial charge is 0.326 e. The fourth-order valence-electron chi connectivity index (χ4n) is 1.49. The Kier molecular flexibility index (Phi) is 4.24. The van der Waals surface area contributed by atoms with Crippen molar-refractivity contribution >= 4 is 23.8 Å². The van der Waals surface area contributed by atoms with Crippen LogP contribution in [0.4, 0.5) is 4.79 Å². The van der Waals surface area contributed by atoms with Crippen LogP contribution >= 0.6 is 0 Å². The summed E-state index contributed by atoms with van der Waals surface area (Å²) < 4.78 is 0. The maximum absolute atomic E-state index is 11.6. The summed E-state index contributed by atoms with van der Waals surface area (Å²) in [5.41, 5.74) is 0. The summed E-state index contributed by atoms with van der Waals surface area (Å²) in [4.78, 5) is 45.6. The number of imide groups is 1. The minimum atomic E-state index is -1.16. The quantitative estimate of drug-likeness (QED) is 0.533. The molecule has 8 nitrogen and oxygen atoms in total. The predicted octanol–water partition coefficient (Wildman–Crippen LogP) is -1.24. The van der Waals surface area contributed by atoms with Crippen LogP contribution in [-0.4, -0.2) is 53.0 Å². The summed E-state index contributed by atoms with van der Waals surface area (Å²) in [6, 6.07) is -1.69. The minimum Gasteiger partial charge on any atom is -0.480 e. The van der Waals surface area contributed by atoms with Crippen LogP contribution < -0.4 is 10.6 Å². The van der Waals surface area contributed by atoms with E-state index < -0.39 is 36.4 Å². The molecule has 18 heavy (non-hydrogen) atoms. The second-order valence-electron chi connectivity index (χ2n) is 4.27. The molecule has 100 valence electrons. The van der Waals surface area contributed by atoms with Crippen LogP contribution in [0.25, 0.3) is 0 Å². The van der Waals surface area contributed by atoms with Gasteiger partial charge in [-0.25, -0.2) is 9.59 Å². The molecule has 1 atom stereocenters. The number of hydrogen-bond donors (Lipinski definition) is 3. The summed E-state index contributed by atoms with van der Waals surface area (Å²) in [6.45, 7) is 2.68. The number of carbonyl (C=O) groups excluding carboxylic acids is 3. The molecule has 1 saturated heterocycles. The van der Waals surface area contributed by atoms with Gasteiger partial charge in [-0.1, -0.05) is 13.8 Å². The van der Waals surface area contributed by atoms with E-state index in [-0.39, 0.29) is 12.5 Å². The number of amides is 4. The van der Waals surface area contributed by atoms with E-state index in [0.717, 1.165) is 4.90 Å². The monoisotopic (exact) mass is 257 g/mol. The van der Waals surface area contributed by atoms with Crippen LogP contribution in [0.15, 0.2) is 0 Å². The number of nitrogens with one attached hydrogen (secondary N) is 2. The van der Waals surface area contributed by atoms with Crippen molar-refractivity contribution in [2.24, 2.45) is 5.92 Å². The van der Waals surface area contributed by atoms with E-state index in [1.807, 2.05) is 0 Å². The van der Waals surface area contributed by atoms with Gasteiger partial charge in [-0.05, 0) is 5.92 Å². The number of hydrogen-bond acceptors (Lipinski definition) is 4. The molecule has 1 rings (SSSR count). The third-order valence-electron chi connectivity index (χ3n) is 2.49. The zero-order chi connectivity index (χ0) is 13.9. The largest absolute Gasteiger partial charge is 0.480 e. The van der Waals surface area contributed by atoms with Gasteiger partial charge in [0.25, 0.3) is 5.91 Å². The van der Waals surface area contributed by atoms with Gasteiger partial charge in [0.05, 0.1) is 6.54 Å². The molecule has 0 aliphatic carbocycles. The van der Waals surface area contributed by atoms with Crippen molar-refractivity contribution in [3.8, 4) is 0 Å². The van der Waals surface area contributed by atoms with Gasteiger partial charge in [0.2, 0.25) is 5.91 Å². The molecule has 1 aliphatic rings. The number of nitrogens with zero attached hydrogens (tertiary/aromatic N) is 1. The lowest BCUT2D eigenvalue weighted by atomic mass is 10.0. The van der Waals surface area contributed by atoms with Gasteiger partial charge >= 0.3 is 12.0 Å². The van der Waals surface area contributed by atoms with E-state index >= 15 is 0 Å². The topological polar surface area (TPSA) is 116 Å². The Balaban J connectivity index is 2.58. The van der Waals surface area contributed by atoms with Crippen LogP contribution in [0.3, 0.4) is 0 Å². The van der Waals surface area contributed by atoms with E-state index in [2.05, 4.69) is 10.6 Å². The Morgan fingerprint density at radius 3 is 2.44 bits per heavy atom. The molecule has 1 aliphatic heterocycles. The molecule has 0 aromatic heterocycles. The summed E-state index contributed by atoms with van der Waals surface area (Å²) in [7, 11) is 0. The van der Waals surface area contributed by atoms with Gasteiger partial charge in [-0.3, -0.25) is 14.5 Å².